The molecule has 0 radical (unpaired) electrons. The Morgan fingerprint density at radius 3 is 2.73 bits per heavy atom. The molecule has 2 saturated carbocycles. The van der Waals surface area contributed by atoms with Crippen molar-refractivity contribution in [2.75, 3.05) is 6.54 Å². The second-order valence-corrected chi connectivity index (χ2v) is 5.53. The third-order valence-electron chi connectivity index (χ3n) is 3.81. The van der Waals surface area contributed by atoms with Crippen molar-refractivity contribution in [3.8, 4) is 0 Å². The van der Waals surface area contributed by atoms with Gasteiger partial charge in [-0.15, -0.1) is 11.6 Å². The van der Waals surface area contributed by atoms with Crippen LogP contribution in [-0.4, -0.2) is 17.8 Å². The molecule has 0 aromatic carbocycles. The zero-order valence-electron chi connectivity index (χ0n) is 9.34. The highest BCUT2D eigenvalue weighted by Gasteiger charge is 2.56. The fourth-order valence-electron chi connectivity index (χ4n) is 2.95. The maximum Gasteiger partial charge on any atom is 0.223 e. The van der Waals surface area contributed by atoms with Crippen LogP contribution in [0.4, 0.5) is 0 Å². The number of fused-ring (bicyclic) bond motifs is 1. The lowest BCUT2D eigenvalue weighted by atomic mass is 10.1. The zero-order valence-corrected chi connectivity index (χ0v) is 10.1. The number of amides is 1. The molecular formula is C12H20ClNO. The number of carbonyl (C=O) groups is 1. The number of carbonyl (C=O) groups excluding carboxylic acids is 1. The van der Waals surface area contributed by atoms with E-state index in [0.29, 0.717) is 24.3 Å². The third-order valence-corrected chi connectivity index (χ3v) is 4.18. The minimum Gasteiger partial charge on any atom is -0.354 e. The second-order valence-electron chi connectivity index (χ2n) is 4.92. The predicted octanol–water partition coefficient (Wildman–Crippen LogP) is 2.56. The first-order valence-electron chi connectivity index (χ1n) is 6.15. The molecule has 0 aromatic rings. The summed E-state index contributed by atoms with van der Waals surface area (Å²) in [6.07, 6.45) is 5.93. The van der Waals surface area contributed by atoms with Gasteiger partial charge in [-0.05, 0) is 31.1 Å². The summed E-state index contributed by atoms with van der Waals surface area (Å²) < 4.78 is 0. The van der Waals surface area contributed by atoms with E-state index < -0.39 is 0 Å². The highest BCUT2D eigenvalue weighted by atomic mass is 35.5. The molecule has 0 spiro atoms. The molecule has 3 heteroatoms. The zero-order chi connectivity index (χ0) is 10.8. The van der Waals surface area contributed by atoms with Crippen molar-refractivity contribution in [1.29, 1.82) is 0 Å². The summed E-state index contributed by atoms with van der Waals surface area (Å²) in [5, 5.41) is 3.10. The van der Waals surface area contributed by atoms with Crippen molar-refractivity contribution < 1.29 is 4.79 Å². The Balaban J connectivity index is 1.66. The van der Waals surface area contributed by atoms with E-state index in [9.17, 15) is 4.79 Å². The van der Waals surface area contributed by atoms with Crippen LogP contribution in [0.3, 0.4) is 0 Å². The average molecular weight is 230 g/mol. The Morgan fingerprint density at radius 2 is 2.13 bits per heavy atom. The molecule has 0 aromatic heterocycles. The number of halogens is 1. The average Bonchev–Trinajstić information content (AvgIpc) is 2.69. The van der Waals surface area contributed by atoms with Gasteiger partial charge >= 0.3 is 0 Å². The molecule has 2 fully saturated rings. The smallest absolute Gasteiger partial charge is 0.223 e. The van der Waals surface area contributed by atoms with Crippen LogP contribution < -0.4 is 5.32 Å². The topological polar surface area (TPSA) is 29.1 Å². The molecule has 0 heterocycles. The van der Waals surface area contributed by atoms with Gasteiger partial charge in [-0.1, -0.05) is 19.8 Å². The molecule has 3 unspecified atom stereocenters. The molecule has 3 atom stereocenters. The van der Waals surface area contributed by atoms with Crippen LogP contribution in [0.2, 0.25) is 0 Å². The van der Waals surface area contributed by atoms with Crippen molar-refractivity contribution in [3.63, 3.8) is 0 Å². The number of rotatable bonds is 5. The fraction of sp³-hybridized carbons (Fsp3) is 0.917. The largest absolute Gasteiger partial charge is 0.354 e. The molecular weight excluding hydrogens is 210 g/mol. The second kappa shape index (κ2) is 4.73. The van der Waals surface area contributed by atoms with Crippen molar-refractivity contribution in [2.24, 2.45) is 17.8 Å². The van der Waals surface area contributed by atoms with Gasteiger partial charge in [-0.25, -0.2) is 0 Å². The van der Waals surface area contributed by atoms with Crippen molar-refractivity contribution in [2.45, 2.75) is 44.4 Å². The highest BCUT2D eigenvalue weighted by Crippen LogP contribution is 2.57. The van der Waals surface area contributed by atoms with Gasteiger partial charge < -0.3 is 5.32 Å². The number of hydrogen-bond acceptors (Lipinski definition) is 1. The molecule has 2 aliphatic carbocycles. The first kappa shape index (κ1) is 11.3. The first-order chi connectivity index (χ1) is 7.24. The minimum atomic E-state index is 0.109. The minimum absolute atomic E-state index is 0.109. The van der Waals surface area contributed by atoms with Gasteiger partial charge in [-0.3, -0.25) is 4.79 Å². The molecule has 0 saturated heterocycles. The van der Waals surface area contributed by atoms with E-state index in [0.717, 1.165) is 12.8 Å². The summed E-state index contributed by atoms with van der Waals surface area (Å²) in [6, 6.07) is 0. The van der Waals surface area contributed by atoms with Crippen molar-refractivity contribution in [3.05, 3.63) is 0 Å². The maximum absolute atomic E-state index is 11.8. The molecule has 2 nitrogen and oxygen atoms in total. The molecule has 0 bridgehead atoms. The van der Waals surface area contributed by atoms with E-state index in [1.54, 1.807) is 0 Å². The summed E-state index contributed by atoms with van der Waals surface area (Å²) in [5.41, 5.74) is 0. The highest BCUT2D eigenvalue weighted by molar-refractivity contribution is 6.20. The van der Waals surface area contributed by atoms with Crippen LogP contribution in [0.15, 0.2) is 0 Å². The summed E-state index contributed by atoms with van der Waals surface area (Å²) in [4.78, 5) is 11.8. The van der Waals surface area contributed by atoms with Crippen LogP contribution in [-0.2, 0) is 4.79 Å². The van der Waals surface area contributed by atoms with Gasteiger partial charge in [0.05, 0.1) is 5.38 Å². The molecule has 2 rings (SSSR count). The molecule has 1 amide bonds. The number of hydrogen-bond donors (Lipinski definition) is 1. The van der Waals surface area contributed by atoms with Crippen LogP contribution >= 0.6 is 11.6 Å². The lowest BCUT2D eigenvalue weighted by molar-refractivity contribution is -0.123. The van der Waals surface area contributed by atoms with Gasteiger partial charge in [0.1, 0.15) is 0 Å². The Labute approximate surface area is 96.8 Å². The molecule has 15 heavy (non-hydrogen) atoms. The van der Waals surface area contributed by atoms with Gasteiger partial charge in [-0.2, -0.15) is 0 Å². The molecule has 1 N–H and O–H groups in total. The summed E-state index contributed by atoms with van der Waals surface area (Å²) in [5.74, 6) is 2.02. The van der Waals surface area contributed by atoms with Crippen LogP contribution in [0.1, 0.15) is 39.0 Å². The maximum atomic E-state index is 11.8. The normalized spacial score (nSPS) is 34.7. The fourth-order valence-corrected chi connectivity index (χ4v) is 3.25. The van der Waals surface area contributed by atoms with Crippen molar-refractivity contribution in [1.82, 2.24) is 5.32 Å². The molecule has 0 aliphatic heterocycles. The predicted molar refractivity (Wildman–Crippen MR) is 61.9 cm³/mol. The third kappa shape index (κ3) is 2.47. The number of nitrogens with one attached hydrogen (secondary N) is 1. The quantitative estimate of drug-likeness (QED) is 0.722. The van der Waals surface area contributed by atoms with Gasteiger partial charge in [0, 0.05) is 12.5 Å². The van der Waals surface area contributed by atoms with E-state index >= 15 is 0 Å². The van der Waals surface area contributed by atoms with Gasteiger partial charge in [0.25, 0.3) is 0 Å². The van der Waals surface area contributed by atoms with E-state index in [4.69, 9.17) is 11.6 Å². The standard InChI is InChI=1S/C12H20ClNO/c1-2-4-8(13)7-14-12(15)11-9-5-3-6-10(9)11/h8-11H,2-7H2,1H3,(H,14,15). The lowest BCUT2D eigenvalue weighted by Crippen LogP contribution is -2.32. The summed E-state index contributed by atoms with van der Waals surface area (Å²) in [7, 11) is 0. The molecule has 86 valence electrons. The van der Waals surface area contributed by atoms with Crippen LogP contribution in [0, 0.1) is 17.8 Å². The van der Waals surface area contributed by atoms with Crippen molar-refractivity contribution >= 4 is 17.5 Å². The van der Waals surface area contributed by atoms with Crippen LogP contribution in [0.25, 0.3) is 0 Å². The first-order valence-corrected chi connectivity index (χ1v) is 6.59. The Bertz CT molecular complexity index is 234. The van der Waals surface area contributed by atoms with Gasteiger partial charge in [0.15, 0.2) is 0 Å². The van der Waals surface area contributed by atoms with E-state index in [1.165, 1.54) is 19.3 Å². The van der Waals surface area contributed by atoms with Gasteiger partial charge in [0.2, 0.25) is 5.91 Å². The monoisotopic (exact) mass is 229 g/mol. The Hall–Kier alpha value is -0.240. The Kier molecular flexibility index (Phi) is 3.55. The number of alkyl halides is 1. The summed E-state index contributed by atoms with van der Waals surface area (Å²) >= 11 is 6.06. The summed E-state index contributed by atoms with van der Waals surface area (Å²) in [6.45, 7) is 2.76. The molecule has 2 aliphatic rings. The van der Waals surface area contributed by atoms with Crippen LogP contribution in [0.5, 0.6) is 0 Å². The van der Waals surface area contributed by atoms with E-state index in [-0.39, 0.29) is 11.3 Å². The lowest BCUT2D eigenvalue weighted by Gasteiger charge is -2.10. The van der Waals surface area contributed by atoms with E-state index in [1.807, 2.05) is 0 Å². The SMILES string of the molecule is CCCC(Cl)CNC(=O)C1C2CCCC21. The van der Waals surface area contributed by atoms with E-state index in [2.05, 4.69) is 12.2 Å². The Morgan fingerprint density at radius 1 is 1.47 bits per heavy atom.